The number of benzene rings is 2. The first kappa shape index (κ1) is 18.6. The molecule has 0 atom stereocenters. The molecular formula is C19H15F4N3O. The summed E-state index contributed by atoms with van der Waals surface area (Å²) in [6, 6.07) is 11.7. The molecule has 0 unspecified atom stereocenters. The summed E-state index contributed by atoms with van der Waals surface area (Å²) in [5.74, 6) is -0.871. The topological polar surface area (TPSA) is 46.9 Å². The molecule has 1 amide bonds. The molecule has 8 heteroatoms. The van der Waals surface area contributed by atoms with Gasteiger partial charge in [-0.3, -0.25) is 4.79 Å². The van der Waals surface area contributed by atoms with Gasteiger partial charge in [0.15, 0.2) is 5.69 Å². The molecule has 1 aromatic heterocycles. The Hall–Kier alpha value is -3.16. The van der Waals surface area contributed by atoms with Crippen LogP contribution in [0.4, 0.5) is 17.6 Å². The Morgan fingerprint density at radius 3 is 2.41 bits per heavy atom. The van der Waals surface area contributed by atoms with Crippen molar-refractivity contribution < 1.29 is 22.4 Å². The number of carbonyl (C=O) groups is 1. The summed E-state index contributed by atoms with van der Waals surface area (Å²) >= 11 is 0. The zero-order valence-corrected chi connectivity index (χ0v) is 14.2. The predicted octanol–water partition coefficient (Wildman–Crippen LogP) is 4.27. The van der Waals surface area contributed by atoms with Gasteiger partial charge in [0, 0.05) is 18.3 Å². The summed E-state index contributed by atoms with van der Waals surface area (Å²) < 4.78 is 52.5. The third-order valence-electron chi connectivity index (χ3n) is 3.97. The number of aromatic nitrogens is 2. The number of carbonyl (C=O) groups excluding carboxylic acids is 1. The Bertz CT molecular complexity index is 962. The van der Waals surface area contributed by atoms with Crippen molar-refractivity contribution in [2.45, 2.75) is 19.6 Å². The lowest BCUT2D eigenvalue weighted by atomic mass is 10.1. The summed E-state index contributed by atoms with van der Waals surface area (Å²) in [6.45, 7) is 1.80. The lowest BCUT2D eigenvalue weighted by Crippen LogP contribution is -2.22. The van der Waals surface area contributed by atoms with Crippen molar-refractivity contribution in [2.75, 3.05) is 0 Å². The Labute approximate surface area is 152 Å². The number of alkyl halides is 3. The first-order chi connectivity index (χ1) is 12.7. The lowest BCUT2D eigenvalue weighted by molar-refractivity contribution is -0.141. The first-order valence-corrected chi connectivity index (χ1v) is 8.00. The van der Waals surface area contributed by atoms with E-state index in [1.54, 1.807) is 31.2 Å². The van der Waals surface area contributed by atoms with Gasteiger partial charge in [-0.25, -0.2) is 9.07 Å². The maximum absolute atomic E-state index is 13.5. The molecule has 4 nitrogen and oxygen atoms in total. The maximum Gasteiger partial charge on any atom is 0.435 e. The molecule has 0 aliphatic heterocycles. The Balaban J connectivity index is 1.64. The number of hydrogen-bond acceptors (Lipinski definition) is 2. The van der Waals surface area contributed by atoms with Crippen LogP contribution in [0.1, 0.15) is 27.2 Å². The molecular weight excluding hydrogens is 362 g/mol. The number of nitrogens with zero attached hydrogens (tertiary/aromatic N) is 2. The molecule has 0 spiro atoms. The number of halogens is 4. The fourth-order valence-corrected chi connectivity index (χ4v) is 2.40. The molecule has 0 fully saturated rings. The van der Waals surface area contributed by atoms with E-state index in [0.717, 1.165) is 16.3 Å². The van der Waals surface area contributed by atoms with Crippen LogP contribution in [0.5, 0.6) is 0 Å². The van der Waals surface area contributed by atoms with Gasteiger partial charge in [-0.1, -0.05) is 18.2 Å². The zero-order chi connectivity index (χ0) is 19.6. The molecule has 0 radical (unpaired) electrons. The average molecular weight is 377 g/mol. The first-order valence-electron chi connectivity index (χ1n) is 8.00. The van der Waals surface area contributed by atoms with Crippen LogP contribution in [-0.2, 0) is 12.7 Å². The van der Waals surface area contributed by atoms with Crippen LogP contribution >= 0.6 is 0 Å². The van der Waals surface area contributed by atoms with Crippen LogP contribution in [0.25, 0.3) is 5.69 Å². The Morgan fingerprint density at radius 2 is 1.81 bits per heavy atom. The highest BCUT2D eigenvalue weighted by atomic mass is 19.4. The van der Waals surface area contributed by atoms with Gasteiger partial charge in [0.2, 0.25) is 0 Å². The highest BCUT2D eigenvalue weighted by molar-refractivity contribution is 5.94. The van der Waals surface area contributed by atoms with Gasteiger partial charge in [-0.15, -0.1) is 0 Å². The number of hydrogen-bond donors (Lipinski definition) is 1. The highest BCUT2D eigenvalue weighted by Gasteiger charge is 2.33. The van der Waals surface area contributed by atoms with Crippen LogP contribution < -0.4 is 5.32 Å². The molecule has 0 bridgehead atoms. The summed E-state index contributed by atoms with van der Waals surface area (Å²) in [7, 11) is 0. The van der Waals surface area contributed by atoms with Crippen molar-refractivity contribution in [3.8, 4) is 5.69 Å². The number of amides is 1. The average Bonchev–Trinajstić information content (AvgIpc) is 3.13. The summed E-state index contributed by atoms with van der Waals surface area (Å²) in [6.07, 6.45) is -3.27. The molecule has 0 saturated heterocycles. The number of aryl methyl sites for hydroxylation is 1. The van der Waals surface area contributed by atoms with Crippen molar-refractivity contribution in [1.29, 1.82) is 0 Å². The molecule has 140 valence electrons. The smallest absolute Gasteiger partial charge is 0.348 e. The van der Waals surface area contributed by atoms with Crippen LogP contribution in [-0.4, -0.2) is 15.7 Å². The van der Waals surface area contributed by atoms with Gasteiger partial charge in [0.1, 0.15) is 5.82 Å². The van der Waals surface area contributed by atoms with E-state index in [0.29, 0.717) is 11.3 Å². The van der Waals surface area contributed by atoms with Crippen molar-refractivity contribution in [3.05, 3.63) is 82.9 Å². The van der Waals surface area contributed by atoms with Crippen LogP contribution in [0.15, 0.2) is 54.7 Å². The van der Waals surface area contributed by atoms with E-state index < -0.39 is 23.6 Å². The van der Waals surface area contributed by atoms with Gasteiger partial charge in [-0.2, -0.15) is 18.3 Å². The molecule has 0 aliphatic carbocycles. The van der Waals surface area contributed by atoms with E-state index in [1.165, 1.54) is 24.4 Å². The second-order valence-corrected chi connectivity index (χ2v) is 5.96. The third-order valence-corrected chi connectivity index (χ3v) is 3.97. The number of nitrogens with one attached hydrogen (secondary N) is 1. The monoisotopic (exact) mass is 377 g/mol. The van der Waals surface area contributed by atoms with Crippen LogP contribution in [0, 0.1) is 12.7 Å². The van der Waals surface area contributed by atoms with Crippen LogP contribution in [0.2, 0.25) is 0 Å². The molecule has 0 aliphatic rings. The van der Waals surface area contributed by atoms with Crippen molar-refractivity contribution in [2.24, 2.45) is 0 Å². The second kappa shape index (κ2) is 7.22. The fraction of sp³-hybridized carbons (Fsp3) is 0.158. The molecule has 27 heavy (non-hydrogen) atoms. The van der Waals surface area contributed by atoms with E-state index in [-0.39, 0.29) is 12.1 Å². The highest BCUT2D eigenvalue weighted by Crippen LogP contribution is 2.27. The minimum absolute atomic E-state index is 0.196. The van der Waals surface area contributed by atoms with E-state index in [1.807, 2.05) is 0 Å². The second-order valence-electron chi connectivity index (χ2n) is 5.96. The van der Waals surface area contributed by atoms with Crippen molar-refractivity contribution >= 4 is 5.91 Å². The Morgan fingerprint density at radius 1 is 1.11 bits per heavy atom. The normalized spacial score (nSPS) is 11.4. The fourth-order valence-electron chi connectivity index (χ4n) is 2.40. The standard InChI is InChI=1S/C19H15F4N3O/c1-12-2-5-14(10-16(12)20)18(27)24-11-13-3-6-15(7-4-13)26-9-8-17(25-26)19(21,22)23/h2-10H,11H2,1H3,(H,24,27). The summed E-state index contributed by atoms with van der Waals surface area (Å²) in [5.41, 5.74) is 0.897. The van der Waals surface area contributed by atoms with E-state index >= 15 is 0 Å². The molecule has 0 saturated carbocycles. The van der Waals surface area contributed by atoms with Crippen LogP contribution in [0.3, 0.4) is 0 Å². The predicted molar refractivity (Wildman–Crippen MR) is 90.9 cm³/mol. The van der Waals surface area contributed by atoms with Gasteiger partial charge in [0.25, 0.3) is 5.91 Å². The third kappa shape index (κ3) is 4.33. The molecule has 1 N–H and O–H groups in total. The zero-order valence-electron chi connectivity index (χ0n) is 14.2. The van der Waals surface area contributed by atoms with E-state index in [4.69, 9.17) is 0 Å². The Kier molecular flexibility index (Phi) is 4.98. The molecule has 3 rings (SSSR count). The quantitative estimate of drug-likeness (QED) is 0.691. The van der Waals surface area contributed by atoms with Crippen molar-refractivity contribution in [1.82, 2.24) is 15.1 Å². The maximum atomic E-state index is 13.5. The van der Waals surface area contributed by atoms with Gasteiger partial charge < -0.3 is 5.32 Å². The summed E-state index contributed by atoms with van der Waals surface area (Å²) in [5, 5.41) is 6.17. The van der Waals surface area contributed by atoms with Crippen molar-refractivity contribution in [3.63, 3.8) is 0 Å². The van der Waals surface area contributed by atoms with Gasteiger partial charge in [-0.05, 0) is 48.4 Å². The largest absolute Gasteiger partial charge is 0.435 e. The minimum atomic E-state index is -4.50. The van der Waals surface area contributed by atoms with Gasteiger partial charge in [0.05, 0.1) is 5.69 Å². The molecule has 2 aromatic carbocycles. The lowest BCUT2D eigenvalue weighted by Gasteiger charge is -2.08. The minimum Gasteiger partial charge on any atom is -0.348 e. The molecule has 1 heterocycles. The van der Waals surface area contributed by atoms with E-state index in [2.05, 4.69) is 10.4 Å². The number of rotatable bonds is 4. The molecule has 3 aromatic rings. The van der Waals surface area contributed by atoms with E-state index in [9.17, 15) is 22.4 Å². The van der Waals surface area contributed by atoms with Gasteiger partial charge >= 0.3 is 6.18 Å². The SMILES string of the molecule is Cc1ccc(C(=O)NCc2ccc(-n3ccc(C(F)(F)F)n3)cc2)cc1F. The summed E-state index contributed by atoms with van der Waals surface area (Å²) in [4.78, 5) is 12.1.